The molecule has 144 valence electrons. The fourth-order valence-corrected chi connectivity index (χ4v) is 6.22. The van der Waals surface area contributed by atoms with Gasteiger partial charge < -0.3 is 5.32 Å². The van der Waals surface area contributed by atoms with Crippen molar-refractivity contribution in [1.29, 1.82) is 0 Å². The van der Waals surface area contributed by atoms with Crippen molar-refractivity contribution < 1.29 is 16.8 Å². The highest BCUT2D eigenvalue weighted by Gasteiger charge is 2.33. The first kappa shape index (κ1) is 20.2. The lowest BCUT2D eigenvalue weighted by Gasteiger charge is -2.11. The summed E-state index contributed by atoms with van der Waals surface area (Å²) in [5.74, 6) is 0.298. The van der Waals surface area contributed by atoms with E-state index in [9.17, 15) is 16.8 Å². The fraction of sp³-hybridized carbons (Fsp3) is 0. The van der Waals surface area contributed by atoms with Crippen molar-refractivity contribution >= 4 is 41.4 Å². The van der Waals surface area contributed by atoms with Crippen molar-refractivity contribution in [3.8, 4) is 0 Å². The van der Waals surface area contributed by atoms with E-state index < -0.39 is 23.9 Å². The smallest absolute Gasteiger partial charge is 0.219 e. The number of pyridine rings is 1. The molecule has 3 aromatic rings. The first-order chi connectivity index (χ1) is 13.3. The maximum atomic E-state index is 13.1. The Hall–Kier alpha value is -2.49. The van der Waals surface area contributed by atoms with Crippen molar-refractivity contribution in [2.45, 2.75) is 9.79 Å². The van der Waals surface area contributed by atoms with E-state index in [0.717, 1.165) is 10.7 Å². The predicted octanol–water partition coefficient (Wildman–Crippen LogP) is 4.00. The van der Waals surface area contributed by atoms with E-state index in [4.69, 9.17) is 0 Å². The summed E-state index contributed by atoms with van der Waals surface area (Å²) in [4.78, 5) is 3.83. The standard InChI is InChI=1S/C19H15BrN2O4S2/c20-15-11-12-18(21-13-15)22-14-19(27(23,24)16-7-3-1-4-8-16)28(25,26)17-9-5-2-6-10-17/h1-14H,(H,21,22). The van der Waals surface area contributed by atoms with E-state index in [1.165, 1.54) is 54.7 Å². The second kappa shape index (κ2) is 8.26. The molecular formula is C19H15BrN2O4S2. The number of hydrogen-bond acceptors (Lipinski definition) is 6. The number of nitrogens with zero attached hydrogens (tertiary/aromatic N) is 1. The molecule has 0 radical (unpaired) electrons. The summed E-state index contributed by atoms with van der Waals surface area (Å²) in [7, 11) is -8.62. The Morgan fingerprint density at radius 1 is 0.786 bits per heavy atom. The molecule has 9 heteroatoms. The van der Waals surface area contributed by atoms with Crippen LogP contribution in [0.5, 0.6) is 0 Å². The summed E-state index contributed by atoms with van der Waals surface area (Å²) >= 11 is 3.25. The van der Waals surface area contributed by atoms with Gasteiger partial charge in [-0.1, -0.05) is 36.4 Å². The third-order valence-electron chi connectivity index (χ3n) is 3.70. The summed E-state index contributed by atoms with van der Waals surface area (Å²) in [6.07, 6.45) is 2.47. The van der Waals surface area contributed by atoms with Crippen LogP contribution in [-0.2, 0) is 19.7 Å². The molecule has 0 spiro atoms. The first-order valence-corrected chi connectivity index (χ1v) is 11.8. The summed E-state index contributed by atoms with van der Waals surface area (Å²) in [5.41, 5.74) is 0. The molecule has 0 saturated carbocycles. The minimum atomic E-state index is -4.31. The Balaban J connectivity index is 2.14. The highest BCUT2D eigenvalue weighted by atomic mass is 79.9. The van der Waals surface area contributed by atoms with Gasteiger partial charge in [-0.05, 0) is 52.3 Å². The van der Waals surface area contributed by atoms with Crippen LogP contribution in [0.1, 0.15) is 0 Å². The Morgan fingerprint density at radius 3 is 1.71 bits per heavy atom. The van der Waals surface area contributed by atoms with Crippen LogP contribution < -0.4 is 5.32 Å². The number of sulfone groups is 2. The van der Waals surface area contributed by atoms with Gasteiger partial charge in [0.25, 0.3) is 0 Å². The lowest BCUT2D eigenvalue weighted by atomic mass is 10.4. The minimum Gasteiger partial charge on any atom is -0.345 e. The maximum Gasteiger partial charge on any atom is 0.219 e. The van der Waals surface area contributed by atoms with Crippen LogP contribution in [0, 0.1) is 0 Å². The van der Waals surface area contributed by atoms with Crippen molar-refractivity contribution in [3.63, 3.8) is 0 Å². The lowest BCUT2D eigenvalue weighted by Crippen LogP contribution is -2.16. The summed E-state index contributed by atoms with van der Waals surface area (Å²) in [5, 5.41) is 2.67. The Morgan fingerprint density at radius 2 is 1.29 bits per heavy atom. The highest BCUT2D eigenvalue weighted by Crippen LogP contribution is 2.29. The molecule has 3 rings (SSSR count). The van der Waals surface area contributed by atoms with E-state index in [2.05, 4.69) is 26.2 Å². The Labute approximate surface area is 171 Å². The predicted molar refractivity (Wildman–Crippen MR) is 111 cm³/mol. The SMILES string of the molecule is O=S(=O)(C(=CNc1ccc(Br)cn1)S(=O)(=O)c1ccccc1)c1ccccc1. The summed E-state index contributed by atoms with van der Waals surface area (Å²) < 4.78 is 52.4. The fourth-order valence-electron chi connectivity index (χ4n) is 2.33. The van der Waals surface area contributed by atoms with Gasteiger partial charge in [0, 0.05) is 16.9 Å². The molecule has 1 N–H and O–H groups in total. The van der Waals surface area contributed by atoms with E-state index in [1.807, 2.05) is 0 Å². The number of hydrogen-bond donors (Lipinski definition) is 1. The number of aromatic nitrogens is 1. The third kappa shape index (κ3) is 4.32. The van der Waals surface area contributed by atoms with Crippen molar-refractivity contribution in [3.05, 3.63) is 93.9 Å². The molecule has 1 aromatic heterocycles. The lowest BCUT2D eigenvalue weighted by molar-refractivity contribution is 0.595. The van der Waals surface area contributed by atoms with Gasteiger partial charge in [-0.2, -0.15) is 0 Å². The van der Waals surface area contributed by atoms with Crippen LogP contribution in [-0.4, -0.2) is 21.8 Å². The van der Waals surface area contributed by atoms with Crippen molar-refractivity contribution in [1.82, 2.24) is 4.98 Å². The molecule has 0 amide bonds. The van der Waals surface area contributed by atoms with Gasteiger partial charge in [-0.25, -0.2) is 21.8 Å². The molecular weight excluding hydrogens is 464 g/mol. The van der Waals surface area contributed by atoms with Gasteiger partial charge in [0.2, 0.25) is 19.7 Å². The molecule has 6 nitrogen and oxygen atoms in total. The highest BCUT2D eigenvalue weighted by molar-refractivity contribution is 9.10. The summed E-state index contributed by atoms with van der Waals surface area (Å²) in [6.45, 7) is 0. The average molecular weight is 479 g/mol. The Kier molecular flexibility index (Phi) is 5.97. The molecule has 2 aromatic carbocycles. The van der Waals surface area contributed by atoms with Gasteiger partial charge in [-0.15, -0.1) is 0 Å². The van der Waals surface area contributed by atoms with Crippen molar-refractivity contribution in [2.24, 2.45) is 0 Å². The maximum absolute atomic E-state index is 13.1. The Bertz CT molecular complexity index is 1120. The normalized spacial score (nSPS) is 11.6. The topological polar surface area (TPSA) is 93.2 Å². The molecule has 0 bridgehead atoms. The molecule has 0 atom stereocenters. The van der Waals surface area contributed by atoms with Gasteiger partial charge >= 0.3 is 0 Å². The number of nitrogens with one attached hydrogen (secondary N) is 1. The number of halogens is 1. The van der Waals surface area contributed by atoms with Gasteiger partial charge in [0.1, 0.15) is 5.82 Å². The van der Waals surface area contributed by atoms with Crippen LogP contribution in [0.2, 0.25) is 0 Å². The second-order valence-corrected chi connectivity index (χ2v) is 10.6. The quantitative estimate of drug-likeness (QED) is 0.575. The number of benzene rings is 2. The van der Waals surface area contributed by atoms with Crippen LogP contribution in [0.4, 0.5) is 5.82 Å². The second-order valence-electron chi connectivity index (χ2n) is 5.60. The first-order valence-electron chi connectivity index (χ1n) is 8.00. The molecule has 0 saturated heterocycles. The molecule has 1 heterocycles. The average Bonchev–Trinajstić information content (AvgIpc) is 2.70. The van der Waals surface area contributed by atoms with E-state index in [-0.39, 0.29) is 9.79 Å². The summed E-state index contributed by atoms with van der Waals surface area (Å²) in [6, 6.07) is 18.1. The molecule has 28 heavy (non-hydrogen) atoms. The molecule has 0 aliphatic carbocycles. The van der Waals surface area contributed by atoms with Gasteiger partial charge in [-0.3, -0.25) is 0 Å². The number of anilines is 1. The zero-order valence-corrected chi connectivity index (χ0v) is 17.6. The van der Waals surface area contributed by atoms with Crippen LogP contribution in [0.25, 0.3) is 0 Å². The molecule has 0 aliphatic heterocycles. The number of rotatable bonds is 6. The van der Waals surface area contributed by atoms with Gasteiger partial charge in [0.05, 0.1) is 9.79 Å². The monoisotopic (exact) mass is 478 g/mol. The molecule has 0 fully saturated rings. The third-order valence-corrected chi connectivity index (χ3v) is 8.57. The zero-order chi connectivity index (χ0) is 20.2. The largest absolute Gasteiger partial charge is 0.345 e. The molecule has 0 unspecified atom stereocenters. The zero-order valence-electron chi connectivity index (χ0n) is 14.4. The molecule has 0 aliphatic rings. The van der Waals surface area contributed by atoms with Crippen molar-refractivity contribution in [2.75, 3.05) is 5.32 Å². The van der Waals surface area contributed by atoms with E-state index >= 15 is 0 Å². The van der Waals surface area contributed by atoms with Crippen LogP contribution >= 0.6 is 15.9 Å². The minimum absolute atomic E-state index is 0.119. The van der Waals surface area contributed by atoms with Crippen LogP contribution in [0.15, 0.2) is 104 Å². The van der Waals surface area contributed by atoms with Crippen LogP contribution in [0.3, 0.4) is 0 Å². The van der Waals surface area contributed by atoms with E-state index in [0.29, 0.717) is 5.82 Å². The van der Waals surface area contributed by atoms with E-state index in [1.54, 1.807) is 24.3 Å². The van der Waals surface area contributed by atoms with Gasteiger partial charge in [0.15, 0.2) is 4.24 Å².